The van der Waals surface area contributed by atoms with Crippen LogP contribution in [0.1, 0.15) is 18.2 Å². The molecule has 0 atom stereocenters. The second-order valence-electron chi connectivity index (χ2n) is 6.19. The molecule has 0 saturated heterocycles. The van der Waals surface area contributed by atoms with Gasteiger partial charge in [0, 0.05) is 10.9 Å². The van der Waals surface area contributed by atoms with Crippen LogP contribution in [0.2, 0.25) is 0 Å². The summed E-state index contributed by atoms with van der Waals surface area (Å²) < 4.78 is 11.8. The molecule has 3 rings (SSSR count). The van der Waals surface area contributed by atoms with Gasteiger partial charge in [-0.1, -0.05) is 11.8 Å². The van der Waals surface area contributed by atoms with E-state index < -0.39 is 0 Å². The second kappa shape index (κ2) is 10.1. The number of anilines is 2. The molecule has 13 heteroatoms. The molecule has 0 aliphatic carbocycles. The number of thioether (sulfide) groups is 1. The van der Waals surface area contributed by atoms with Crippen molar-refractivity contribution in [2.45, 2.75) is 19.0 Å². The van der Waals surface area contributed by atoms with Crippen LogP contribution >= 0.6 is 23.1 Å². The van der Waals surface area contributed by atoms with Crippen LogP contribution in [0.15, 0.2) is 33.8 Å². The number of nitrogens with two attached hydrogens (primary N) is 1. The van der Waals surface area contributed by atoms with Gasteiger partial charge in [0.25, 0.3) is 5.95 Å². The van der Waals surface area contributed by atoms with Crippen molar-refractivity contribution in [3.63, 3.8) is 0 Å². The lowest BCUT2D eigenvalue weighted by Crippen LogP contribution is -2.17. The van der Waals surface area contributed by atoms with Crippen molar-refractivity contribution in [3.8, 4) is 11.5 Å². The van der Waals surface area contributed by atoms with E-state index in [1.165, 1.54) is 16.0 Å². The molecule has 3 aromatic rings. The highest BCUT2D eigenvalue weighted by atomic mass is 32.2. The van der Waals surface area contributed by atoms with Crippen LogP contribution in [0.25, 0.3) is 0 Å². The van der Waals surface area contributed by atoms with E-state index in [0.29, 0.717) is 27.5 Å². The van der Waals surface area contributed by atoms with Gasteiger partial charge in [-0.15, -0.1) is 21.5 Å². The number of rotatable bonds is 9. The smallest absolute Gasteiger partial charge is 0.264 e. The number of hydrogen-bond donors (Lipinski definition) is 3. The van der Waals surface area contributed by atoms with E-state index in [1.807, 2.05) is 31.4 Å². The van der Waals surface area contributed by atoms with Gasteiger partial charge in [-0.25, -0.2) is 15.1 Å². The summed E-state index contributed by atoms with van der Waals surface area (Å²) in [6.45, 7) is 3.69. The summed E-state index contributed by atoms with van der Waals surface area (Å²) in [7, 11) is 3.15. The monoisotopic (exact) mass is 462 g/mol. The number of aromatic nitrogens is 4. The average molecular weight is 463 g/mol. The summed E-state index contributed by atoms with van der Waals surface area (Å²) in [6.07, 6.45) is 0. The molecule has 0 unspecified atom stereocenters. The predicted molar refractivity (Wildman–Crippen MR) is 122 cm³/mol. The first kappa shape index (κ1) is 22.4. The van der Waals surface area contributed by atoms with Crippen LogP contribution in [0.5, 0.6) is 11.5 Å². The van der Waals surface area contributed by atoms with Crippen LogP contribution < -0.4 is 26.1 Å². The highest BCUT2D eigenvalue weighted by Crippen LogP contribution is 2.28. The first-order valence-corrected chi connectivity index (χ1v) is 10.9. The second-order valence-corrected chi connectivity index (χ2v) is 7.99. The van der Waals surface area contributed by atoms with E-state index in [0.717, 1.165) is 23.0 Å². The van der Waals surface area contributed by atoms with Gasteiger partial charge in [0.15, 0.2) is 16.6 Å². The molecule has 0 aliphatic rings. The lowest BCUT2D eigenvalue weighted by molar-refractivity contribution is -0.113. The van der Waals surface area contributed by atoms with E-state index in [2.05, 4.69) is 31.0 Å². The van der Waals surface area contributed by atoms with E-state index in [-0.39, 0.29) is 17.6 Å². The number of carbonyl (C=O) groups is 1. The Morgan fingerprint density at radius 2 is 2.06 bits per heavy atom. The number of aryl methyl sites for hydroxylation is 1. The van der Waals surface area contributed by atoms with Gasteiger partial charge < -0.3 is 20.6 Å². The van der Waals surface area contributed by atoms with E-state index in [4.69, 9.17) is 15.3 Å². The van der Waals surface area contributed by atoms with E-state index in [9.17, 15) is 4.79 Å². The van der Waals surface area contributed by atoms with Crippen molar-refractivity contribution in [3.05, 3.63) is 34.8 Å². The maximum atomic E-state index is 12.1. The number of hydrazone groups is 1. The van der Waals surface area contributed by atoms with Crippen molar-refractivity contribution in [1.82, 2.24) is 19.9 Å². The van der Waals surface area contributed by atoms with Gasteiger partial charge in [0.05, 0.1) is 31.4 Å². The summed E-state index contributed by atoms with van der Waals surface area (Å²) in [4.78, 5) is 16.3. The first-order chi connectivity index (χ1) is 14.9. The molecule has 1 amide bonds. The summed E-state index contributed by atoms with van der Waals surface area (Å²) in [5.41, 5.74) is 5.15. The van der Waals surface area contributed by atoms with Gasteiger partial charge in [0.1, 0.15) is 0 Å². The zero-order valence-corrected chi connectivity index (χ0v) is 19.0. The summed E-state index contributed by atoms with van der Waals surface area (Å²) in [5.74, 6) is 7.38. The Hall–Kier alpha value is -3.32. The minimum Gasteiger partial charge on any atom is -0.493 e. The van der Waals surface area contributed by atoms with Crippen LogP contribution in [0.3, 0.4) is 0 Å². The Bertz CT molecular complexity index is 1100. The first-order valence-electron chi connectivity index (χ1n) is 8.99. The highest BCUT2D eigenvalue weighted by molar-refractivity contribution is 7.99. The third kappa shape index (κ3) is 5.64. The standard InChI is InChI=1S/C18H22N8O3S2/c1-10-8-30-17(20-10)21-15(27)9-31-18-25-24-16(26(18)19)23-22-11(2)12-5-6-13(28-3)14(7-12)29-4/h5-8H,9,19H2,1-4H3,(H,23,24)(H,20,21,27)/b22-11+. The third-order valence-corrected chi connectivity index (χ3v) is 5.81. The zero-order valence-electron chi connectivity index (χ0n) is 17.4. The SMILES string of the molecule is COc1ccc(/C(C)=N/Nc2nnc(SCC(=O)Nc3nc(C)cs3)n2N)cc1OC. The molecular weight excluding hydrogens is 440 g/mol. The van der Waals surface area contributed by atoms with Crippen LogP contribution in [-0.2, 0) is 4.79 Å². The van der Waals surface area contributed by atoms with Crippen molar-refractivity contribution >= 4 is 45.8 Å². The van der Waals surface area contributed by atoms with Crippen molar-refractivity contribution in [2.75, 3.05) is 36.6 Å². The number of hydrogen-bond acceptors (Lipinski definition) is 11. The van der Waals surface area contributed by atoms with Crippen molar-refractivity contribution in [1.29, 1.82) is 0 Å². The van der Waals surface area contributed by atoms with Crippen LogP contribution in [0, 0.1) is 6.92 Å². The quantitative estimate of drug-likeness (QED) is 0.189. The number of nitrogens with zero attached hydrogens (tertiary/aromatic N) is 5. The molecule has 0 aliphatic heterocycles. The molecule has 2 heterocycles. The number of methoxy groups -OCH3 is 2. The number of thiazole rings is 1. The predicted octanol–water partition coefficient (Wildman–Crippen LogP) is 2.34. The van der Waals surface area contributed by atoms with Crippen molar-refractivity contribution in [2.24, 2.45) is 5.10 Å². The molecule has 0 radical (unpaired) electrons. The molecule has 4 N–H and O–H groups in total. The summed E-state index contributed by atoms with van der Waals surface area (Å²) in [6, 6.07) is 5.47. The topological polar surface area (TPSA) is 142 Å². The fourth-order valence-corrected chi connectivity index (χ4v) is 3.77. The number of carbonyl (C=O) groups excluding carboxylic acids is 1. The molecule has 0 fully saturated rings. The Labute approximate surface area is 187 Å². The molecule has 0 bridgehead atoms. The molecular formula is C18H22N8O3S2. The molecule has 0 saturated carbocycles. The number of benzene rings is 1. The maximum absolute atomic E-state index is 12.1. The third-order valence-electron chi connectivity index (χ3n) is 3.99. The van der Waals surface area contributed by atoms with Gasteiger partial charge >= 0.3 is 0 Å². The van der Waals surface area contributed by atoms with Gasteiger partial charge in [0.2, 0.25) is 11.1 Å². The fraction of sp³-hybridized carbons (Fsp3) is 0.278. The Kier molecular flexibility index (Phi) is 7.31. The maximum Gasteiger partial charge on any atom is 0.264 e. The van der Waals surface area contributed by atoms with Crippen molar-refractivity contribution < 1.29 is 14.3 Å². The number of nitrogen functional groups attached to an aromatic ring is 1. The molecule has 164 valence electrons. The Morgan fingerprint density at radius 1 is 1.29 bits per heavy atom. The Balaban J connectivity index is 1.60. The lowest BCUT2D eigenvalue weighted by Gasteiger charge is -2.09. The molecule has 31 heavy (non-hydrogen) atoms. The van der Waals surface area contributed by atoms with Crippen LogP contribution in [-0.4, -0.2) is 51.4 Å². The number of amides is 1. The lowest BCUT2D eigenvalue weighted by atomic mass is 10.1. The number of nitrogens with one attached hydrogen (secondary N) is 2. The number of ether oxygens (including phenoxy) is 2. The highest BCUT2D eigenvalue weighted by Gasteiger charge is 2.13. The van der Waals surface area contributed by atoms with E-state index in [1.54, 1.807) is 20.3 Å². The van der Waals surface area contributed by atoms with Gasteiger partial charge in [-0.05, 0) is 32.0 Å². The molecule has 0 spiro atoms. The minimum absolute atomic E-state index is 0.113. The van der Waals surface area contributed by atoms with E-state index >= 15 is 0 Å². The minimum atomic E-state index is -0.209. The summed E-state index contributed by atoms with van der Waals surface area (Å²) in [5, 5.41) is 17.8. The molecule has 11 nitrogen and oxygen atoms in total. The molecule has 1 aromatic carbocycles. The fourth-order valence-electron chi connectivity index (χ4n) is 2.41. The van der Waals surface area contributed by atoms with Crippen LogP contribution in [0.4, 0.5) is 11.1 Å². The normalized spacial score (nSPS) is 11.3. The van der Waals surface area contributed by atoms with Gasteiger partial charge in [-0.2, -0.15) is 5.10 Å². The Morgan fingerprint density at radius 3 is 2.74 bits per heavy atom. The van der Waals surface area contributed by atoms with Gasteiger partial charge in [-0.3, -0.25) is 4.79 Å². The largest absolute Gasteiger partial charge is 0.493 e. The zero-order chi connectivity index (χ0) is 22.4. The summed E-state index contributed by atoms with van der Waals surface area (Å²) >= 11 is 2.52. The molecule has 2 aromatic heterocycles. The average Bonchev–Trinajstić information content (AvgIpc) is 3.34.